The first kappa shape index (κ1) is 21.2. The molecule has 0 aromatic heterocycles. The normalized spacial score (nSPS) is 17.1. The van der Waals surface area contributed by atoms with E-state index in [2.05, 4.69) is 39.0 Å². The molecule has 6 heteroatoms. The average molecular weight is 441 g/mol. The summed E-state index contributed by atoms with van der Waals surface area (Å²) in [7, 11) is 0. The number of likely N-dealkylation sites (tertiary alicyclic amines) is 1. The van der Waals surface area contributed by atoms with Crippen molar-refractivity contribution in [3.63, 3.8) is 0 Å². The highest BCUT2D eigenvalue weighted by Gasteiger charge is 2.25. The minimum absolute atomic E-state index is 0.138. The summed E-state index contributed by atoms with van der Waals surface area (Å²) in [4.78, 5) is 27.5. The molecule has 0 atom stereocenters. The Morgan fingerprint density at radius 1 is 1.00 bits per heavy atom. The van der Waals surface area contributed by atoms with E-state index in [-0.39, 0.29) is 11.9 Å². The van der Waals surface area contributed by atoms with Crippen LogP contribution in [0.25, 0.3) is 22.4 Å². The summed E-state index contributed by atoms with van der Waals surface area (Å²) < 4.78 is 0. The molecule has 168 valence electrons. The van der Waals surface area contributed by atoms with Gasteiger partial charge in [-0.25, -0.2) is 4.79 Å². The molecule has 3 amide bonds. The summed E-state index contributed by atoms with van der Waals surface area (Å²) in [6.07, 6.45) is 5.70. The second-order valence-electron chi connectivity index (χ2n) is 8.62. The zero-order valence-electron chi connectivity index (χ0n) is 18.6. The van der Waals surface area contributed by atoms with Gasteiger partial charge in [-0.15, -0.1) is 0 Å². The largest absolute Gasteiger partial charge is 0.337 e. The number of rotatable bonds is 5. The molecular weight excluding hydrogens is 412 g/mol. The van der Waals surface area contributed by atoms with Crippen LogP contribution in [0.5, 0.6) is 0 Å². The number of urea groups is 1. The molecule has 0 saturated carbocycles. The number of hydrogen-bond donors (Lipinski definition) is 3. The van der Waals surface area contributed by atoms with Crippen LogP contribution < -0.4 is 16.0 Å². The molecule has 1 saturated heterocycles. The molecular formula is C27H28N4O2. The molecule has 1 fully saturated rings. The van der Waals surface area contributed by atoms with Crippen molar-refractivity contribution in [3.05, 3.63) is 71.8 Å². The lowest BCUT2D eigenvalue weighted by Gasteiger charge is -2.26. The monoisotopic (exact) mass is 440 g/mol. The molecule has 0 radical (unpaired) electrons. The second-order valence-corrected chi connectivity index (χ2v) is 8.62. The third kappa shape index (κ3) is 4.76. The number of hydrogen-bond acceptors (Lipinski definition) is 3. The molecule has 33 heavy (non-hydrogen) atoms. The number of carbonyl (C=O) groups excluding carboxylic acids is 2. The number of fused-ring (bicyclic) bond motifs is 2. The smallest absolute Gasteiger partial charge is 0.319 e. The molecule has 0 bridgehead atoms. The van der Waals surface area contributed by atoms with Gasteiger partial charge in [-0.2, -0.15) is 0 Å². The van der Waals surface area contributed by atoms with Crippen LogP contribution in [0, 0.1) is 0 Å². The van der Waals surface area contributed by atoms with E-state index in [1.54, 1.807) is 0 Å². The van der Waals surface area contributed by atoms with Crippen LogP contribution in [0.2, 0.25) is 0 Å². The second kappa shape index (κ2) is 9.46. The number of amides is 3. The lowest BCUT2D eigenvalue weighted by molar-refractivity contribution is -0.110. The van der Waals surface area contributed by atoms with Gasteiger partial charge in [0, 0.05) is 35.6 Å². The van der Waals surface area contributed by atoms with Crippen LogP contribution in [0.15, 0.2) is 60.7 Å². The van der Waals surface area contributed by atoms with Gasteiger partial charge in [0.25, 0.3) is 5.91 Å². The quantitative estimate of drug-likeness (QED) is 0.492. The van der Waals surface area contributed by atoms with Crippen molar-refractivity contribution in [3.8, 4) is 0 Å². The van der Waals surface area contributed by atoms with E-state index in [9.17, 15) is 9.59 Å². The molecule has 0 aliphatic carbocycles. The van der Waals surface area contributed by atoms with Gasteiger partial charge in [-0.3, -0.25) is 4.79 Å². The minimum Gasteiger partial charge on any atom is -0.337 e. The van der Waals surface area contributed by atoms with Crippen LogP contribution in [-0.2, 0) is 4.79 Å². The first-order chi connectivity index (χ1) is 16.2. The van der Waals surface area contributed by atoms with E-state index in [1.165, 1.54) is 19.3 Å². The Hall–Kier alpha value is -3.64. The van der Waals surface area contributed by atoms with E-state index >= 15 is 0 Å². The van der Waals surface area contributed by atoms with Crippen molar-refractivity contribution in [2.24, 2.45) is 0 Å². The maximum absolute atomic E-state index is 12.7. The summed E-state index contributed by atoms with van der Waals surface area (Å²) in [5.41, 5.74) is 3.78. The van der Waals surface area contributed by atoms with E-state index < -0.39 is 0 Å². The van der Waals surface area contributed by atoms with Crippen molar-refractivity contribution >= 4 is 45.7 Å². The molecule has 2 heterocycles. The fraction of sp³-hybridized carbons (Fsp3) is 0.259. The van der Waals surface area contributed by atoms with E-state index in [1.807, 2.05) is 48.5 Å². The standard InChI is InChI=1S/C27H28N4O2/c32-26-24(17-20-9-6-8-19-7-2-3-10-22(19)20)23-18-21(11-12-25(23)30-26)29-27(33)28-13-16-31-14-4-1-5-15-31/h2-3,6-12,17-18H,1,4-5,13-16H2,(H,30,32)(H2,28,29,33)/b24-17+. The zero-order chi connectivity index (χ0) is 22.6. The summed E-state index contributed by atoms with van der Waals surface area (Å²) >= 11 is 0. The third-order valence-corrected chi connectivity index (χ3v) is 6.35. The Morgan fingerprint density at radius 3 is 2.70 bits per heavy atom. The van der Waals surface area contributed by atoms with Crippen molar-refractivity contribution in [1.29, 1.82) is 0 Å². The van der Waals surface area contributed by atoms with Gasteiger partial charge in [-0.05, 0) is 66.5 Å². The van der Waals surface area contributed by atoms with Gasteiger partial charge < -0.3 is 20.9 Å². The van der Waals surface area contributed by atoms with Gasteiger partial charge >= 0.3 is 6.03 Å². The number of carbonyl (C=O) groups is 2. The molecule has 2 aliphatic heterocycles. The van der Waals surface area contributed by atoms with E-state index in [0.29, 0.717) is 17.8 Å². The van der Waals surface area contributed by atoms with Crippen LogP contribution in [0.4, 0.5) is 16.2 Å². The Kier molecular flexibility index (Phi) is 6.09. The zero-order valence-corrected chi connectivity index (χ0v) is 18.6. The van der Waals surface area contributed by atoms with Crippen LogP contribution in [-0.4, -0.2) is 43.0 Å². The topological polar surface area (TPSA) is 73.5 Å². The summed E-state index contributed by atoms with van der Waals surface area (Å²) in [5, 5.41) is 11.0. The highest BCUT2D eigenvalue weighted by Crippen LogP contribution is 2.36. The number of nitrogens with one attached hydrogen (secondary N) is 3. The maximum Gasteiger partial charge on any atom is 0.319 e. The Balaban J connectivity index is 1.31. The highest BCUT2D eigenvalue weighted by molar-refractivity contribution is 6.35. The van der Waals surface area contributed by atoms with Gasteiger partial charge in [0.1, 0.15) is 0 Å². The van der Waals surface area contributed by atoms with Crippen molar-refractivity contribution in [2.75, 3.05) is 36.8 Å². The first-order valence-corrected chi connectivity index (χ1v) is 11.6. The highest BCUT2D eigenvalue weighted by atomic mass is 16.2. The van der Waals surface area contributed by atoms with Gasteiger partial charge in [0.05, 0.1) is 0 Å². The Bertz CT molecular complexity index is 1220. The van der Waals surface area contributed by atoms with Gasteiger partial charge in [-0.1, -0.05) is 48.9 Å². The molecule has 5 rings (SSSR count). The molecule has 3 aromatic rings. The minimum atomic E-state index is -0.233. The van der Waals surface area contributed by atoms with Gasteiger partial charge in [0.15, 0.2) is 0 Å². The number of piperidine rings is 1. The Labute approximate surface area is 193 Å². The van der Waals surface area contributed by atoms with E-state index in [4.69, 9.17) is 0 Å². The number of anilines is 2. The van der Waals surface area contributed by atoms with Crippen LogP contribution >= 0.6 is 0 Å². The summed E-state index contributed by atoms with van der Waals surface area (Å²) in [6.45, 7) is 3.71. The van der Waals surface area contributed by atoms with Crippen LogP contribution in [0.3, 0.4) is 0 Å². The molecule has 6 nitrogen and oxygen atoms in total. The number of benzene rings is 3. The third-order valence-electron chi connectivity index (χ3n) is 6.35. The predicted molar refractivity (Wildman–Crippen MR) is 134 cm³/mol. The predicted octanol–water partition coefficient (Wildman–Crippen LogP) is 4.94. The van der Waals surface area contributed by atoms with Crippen molar-refractivity contribution < 1.29 is 9.59 Å². The summed E-state index contributed by atoms with van der Waals surface area (Å²) in [5.74, 6) is -0.138. The Morgan fingerprint density at radius 2 is 1.82 bits per heavy atom. The SMILES string of the molecule is O=C(NCCN1CCCCC1)Nc1ccc2c(c1)/C(=C\c1cccc3ccccc13)C(=O)N2. The van der Waals surface area contributed by atoms with Gasteiger partial charge in [0.2, 0.25) is 0 Å². The van der Waals surface area contributed by atoms with E-state index in [0.717, 1.165) is 47.2 Å². The maximum atomic E-state index is 12.7. The lowest BCUT2D eigenvalue weighted by Crippen LogP contribution is -2.39. The summed E-state index contributed by atoms with van der Waals surface area (Å²) in [6, 6.07) is 19.5. The fourth-order valence-corrected chi connectivity index (χ4v) is 4.63. The number of nitrogens with zero attached hydrogens (tertiary/aromatic N) is 1. The van der Waals surface area contributed by atoms with Crippen molar-refractivity contribution in [2.45, 2.75) is 19.3 Å². The first-order valence-electron chi connectivity index (χ1n) is 11.6. The van der Waals surface area contributed by atoms with Crippen LogP contribution in [0.1, 0.15) is 30.4 Å². The lowest BCUT2D eigenvalue weighted by atomic mass is 9.99. The molecule has 3 aromatic carbocycles. The fourth-order valence-electron chi connectivity index (χ4n) is 4.63. The molecule has 0 unspecified atom stereocenters. The molecule has 0 spiro atoms. The molecule has 2 aliphatic rings. The molecule has 3 N–H and O–H groups in total. The van der Waals surface area contributed by atoms with Crippen molar-refractivity contribution in [1.82, 2.24) is 10.2 Å². The average Bonchev–Trinajstić information content (AvgIpc) is 3.14.